The second kappa shape index (κ2) is 7.39. The minimum Gasteiger partial charge on any atom is -0.352 e. The van der Waals surface area contributed by atoms with Gasteiger partial charge in [-0.15, -0.1) is 0 Å². The van der Waals surface area contributed by atoms with Crippen LogP contribution in [0.3, 0.4) is 0 Å². The molecule has 2 aromatic rings. The molecule has 1 heterocycles. The van der Waals surface area contributed by atoms with Crippen LogP contribution in [0.25, 0.3) is 10.9 Å². The molecule has 0 unspecified atom stereocenters. The number of nitrogens with two attached hydrogens (primary N) is 1. The number of hydrogen-bond donors (Lipinski definition) is 2. The van der Waals surface area contributed by atoms with Crippen molar-refractivity contribution in [1.29, 1.82) is 0 Å². The molecule has 1 amide bonds. The number of hydrogen-bond acceptors (Lipinski definition) is 2. The van der Waals surface area contributed by atoms with E-state index in [0.717, 1.165) is 36.9 Å². The predicted octanol–water partition coefficient (Wildman–Crippen LogP) is 3.25. The van der Waals surface area contributed by atoms with Crippen molar-refractivity contribution in [2.24, 2.45) is 11.7 Å². The van der Waals surface area contributed by atoms with Crippen LogP contribution in [0.1, 0.15) is 54.7 Å². The second-order valence-electron chi connectivity index (χ2n) is 7.24. The molecule has 0 atom stereocenters. The third-order valence-corrected chi connectivity index (χ3v) is 4.85. The highest BCUT2D eigenvalue weighted by Gasteiger charge is 2.23. The van der Waals surface area contributed by atoms with Crippen molar-refractivity contribution in [2.45, 2.75) is 52.5 Å². The van der Waals surface area contributed by atoms with Crippen LogP contribution in [0.5, 0.6) is 0 Å². The summed E-state index contributed by atoms with van der Waals surface area (Å²) >= 11 is 0. The molecule has 1 aromatic heterocycles. The monoisotopic (exact) mass is 327 g/mol. The van der Waals surface area contributed by atoms with Gasteiger partial charge in [-0.25, -0.2) is 0 Å². The molecular formula is C20H29N3O. The van der Waals surface area contributed by atoms with Crippen LogP contribution >= 0.6 is 0 Å². The van der Waals surface area contributed by atoms with Crippen LogP contribution in [0.15, 0.2) is 18.2 Å². The molecule has 0 aliphatic heterocycles. The van der Waals surface area contributed by atoms with E-state index < -0.39 is 0 Å². The summed E-state index contributed by atoms with van der Waals surface area (Å²) in [6, 6.07) is 6.17. The Morgan fingerprint density at radius 3 is 2.83 bits per heavy atom. The first-order chi connectivity index (χ1) is 11.6. The molecule has 4 nitrogen and oxygen atoms in total. The number of carbonyl (C=O) groups excluding carboxylic acids is 1. The molecule has 1 aliphatic rings. The SMILES string of the molecule is CC(C)Cn1c2c(c3cccc(C(=O)NCCCN)c31)CCCC2. The summed E-state index contributed by atoms with van der Waals surface area (Å²) in [4.78, 5) is 12.7. The normalized spacial score (nSPS) is 14.2. The molecule has 3 rings (SSSR count). The first kappa shape index (κ1) is 17.0. The van der Waals surface area contributed by atoms with E-state index in [2.05, 4.69) is 29.8 Å². The number of fused-ring (bicyclic) bond motifs is 3. The highest BCUT2D eigenvalue weighted by Crippen LogP contribution is 2.34. The smallest absolute Gasteiger partial charge is 0.253 e. The van der Waals surface area contributed by atoms with E-state index in [4.69, 9.17) is 5.73 Å². The maximum Gasteiger partial charge on any atom is 0.253 e. The van der Waals surface area contributed by atoms with Gasteiger partial charge in [0, 0.05) is 24.2 Å². The number of carbonyl (C=O) groups is 1. The minimum atomic E-state index is 0.0221. The summed E-state index contributed by atoms with van der Waals surface area (Å²) < 4.78 is 2.42. The Kier molecular flexibility index (Phi) is 5.24. The standard InChI is InChI=1S/C20H29N3O/c1-14(2)13-23-18-10-4-3-7-15(18)16-8-5-9-17(19(16)23)20(24)22-12-6-11-21/h5,8-9,14H,3-4,6-7,10-13,21H2,1-2H3,(H,22,24). The summed E-state index contributed by atoms with van der Waals surface area (Å²) in [5.74, 6) is 0.578. The van der Waals surface area contributed by atoms with Crippen molar-refractivity contribution < 1.29 is 4.79 Å². The quantitative estimate of drug-likeness (QED) is 0.800. The van der Waals surface area contributed by atoms with Crippen molar-refractivity contribution >= 4 is 16.8 Å². The summed E-state index contributed by atoms with van der Waals surface area (Å²) in [6.07, 6.45) is 5.57. The number of amides is 1. The molecule has 3 N–H and O–H groups in total. The minimum absolute atomic E-state index is 0.0221. The zero-order valence-electron chi connectivity index (χ0n) is 14.9. The van der Waals surface area contributed by atoms with E-state index in [0.29, 0.717) is 19.0 Å². The van der Waals surface area contributed by atoms with Crippen LogP contribution in [-0.4, -0.2) is 23.6 Å². The maximum atomic E-state index is 12.7. The molecule has 0 saturated carbocycles. The molecule has 1 aromatic carbocycles. The number of rotatable bonds is 6. The molecule has 130 valence electrons. The van der Waals surface area contributed by atoms with Gasteiger partial charge in [0.15, 0.2) is 0 Å². The molecule has 0 radical (unpaired) electrons. The van der Waals surface area contributed by atoms with E-state index in [1.54, 1.807) is 0 Å². The number of aromatic nitrogens is 1. The van der Waals surface area contributed by atoms with Crippen LogP contribution < -0.4 is 11.1 Å². The van der Waals surface area contributed by atoms with Crippen molar-refractivity contribution in [1.82, 2.24) is 9.88 Å². The fourth-order valence-corrected chi connectivity index (χ4v) is 3.84. The Morgan fingerprint density at radius 2 is 2.08 bits per heavy atom. The maximum absolute atomic E-state index is 12.7. The molecule has 0 spiro atoms. The van der Waals surface area contributed by atoms with E-state index in [1.165, 1.54) is 29.5 Å². The van der Waals surface area contributed by atoms with Crippen LogP contribution in [0, 0.1) is 5.92 Å². The highest BCUT2D eigenvalue weighted by molar-refractivity contribution is 6.07. The molecule has 0 fully saturated rings. The Bertz CT molecular complexity index is 730. The first-order valence-corrected chi connectivity index (χ1v) is 9.24. The van der Waals surface area contributed by atoms with Gasteiger partial charge in [0.1, 0.15) is 0 Å². The lowest BCUT2D eigenvalue weighted by molar-refractivity contribution is 0.0954. The number of nitrogens with one attached hydrogen (secondary N) is 1. The summed E-state index contributed by atoms with van der Waals surface area (Å²) in [6.45, 7) is 6.69. The van der Waals surface area contributed by atoms with Crippen LogP contribution in [-0.2, 0) is 19.4 Å². The molecule has 0 bridgehead atoms. The van der Waals surface area contributed by atoms with Gasteiger partial charge in [0.05, 0.1) is 11.1 Å². The van der Waals surface area contributed by atoms with Gasteiger partial charge >= 0.3 is 0 Å². The molecule has 24 heavy (non-hydrogen) atoms. The summed E-state index contributed by atoms with van der Waals surface area (Å²) in [5.41, 5.74) is 10.4. The van der Waals surface area contributed by atoms with E-state index in [-0.39, 0.29) is 5.91 Å². The van der Waals surface area contributed by atoms with Crippen LogP contribution in [0.4, 0.5) is 0 Å². The second-order valence-corrected chi connectivity index (χ2v) is 7.24. The largest absolute Gasteiger partial charge is 0.352 e. The molecule has 1 aliphatic carbocycles. The van der Waals surface area contributed by atoms with Crippen LogP contribution in [0.2, 0.25) is 0 Å². The molecule has 4 heteroatoms. The number of aryl methyl sites for hydroxylation is 1. The third kappa shape index (κ3) is 3.20. The van der Waals surface area contributed by atoms with Gasteiger partial charge in [-0.3, -0.25) is 4.79 Å². The number of nitrogens with zero attached hydrogens (tertiary/aromatic N) is 1. The average Bonchev–Trinajstić information content (AvgIpc) is 2.89. The Labute approximate surface area is 144 Å². The topological polar surface area (TPSA) is 60.0 Å². The Balaban J connectivity index is 2.09. The van der Waals surface area contributed by atoms with Gasteiger partial charge in [-0.2, -0.15) is 0 Å². The predicted molar refractivity (Wildman–Crippen MR) is 99.4 cm³/mol. The number of para-hydroxylation sites is 1. The van der Waals surface area contributed by atoms with Gasteiger partial charge in [0.25, 0.3) is 5.91 Å². The fraction of sp³-hybridized carbons (Fsp3) is 0.550. The van der Waals surface area contributed by atoms with Crippen molar-refractivity contribution in [3.05, 3.63) is 35.0 Å². The summed E-state index contributed by atoms with van der Waals surface area (Å²) in [7, 11) is 0. The lowest BCUT2D eigenvalue weighted by Gasteiger charge is -2.18. The van der Waals surface area contributed by atoms with Crippen molar-refractivity contribution in [2.75, 3.05) is 13.1 Å². The first-order valence-electron chi connectivity index (χ1n) is 9.24. The zero-order chi connectivity index (χ0) is 17.1. The van der Waals surface area contributed by atoms with Gasteiger partial charge in [-0.1, -0.05) is 26.0 Å². The lowest BCUT2D eigenvalue weighted by atomic mass is 9.95. The van der Waals surface area contributed by atoms with Gasteiger partial charge < -0.3 is 15.6 Å². The Hall–Kier alpha value is -1.81. The number of benzene rings is 1. The van der Waals surface area contributed by atoms with Crippen molar-refractivity contribution in [3.63, 3.8) is 0 Å². The van der Waals surface area contributed by atoms with Crippen molar-refractivity contribution in [3.8, 4) is 0 Å². The van der Waals surface area contributed by atoms with E-state index in [1.807, 2.05) is 12.1 Å². The average molecular weight is 327 g/mol. The fourth-order valence-electron chi connectivity index (χ4n) is 3.84. The molecule has 0 saturated heterocycles. The summed E-state index contributed by atoms with van der Waals surface area (Å²) in [5, 5.41) is 4.30. The lowest BCUT2D eigenvalue weighted by Crippen LogP contribution is -2.26. The Morgan fingerprint density at radius 1 is 1.29 bits per heavy atom. The van der Waals surface area contributed by atoms with Gasteiger partial charge in [-0.05, 0) is 56.2 Å². The van der Waals surface area contributed by atoms with Gasteiger partial charge in [0.2, 0.25) is 0 Å². The zero-order valence-corrected chi connectivity index (χ0v) is 14.9. The molecular weight excluding hydrogens is 298 g/mol. The van der Waals surface area contributed by atoms with E-state index in [9.17, 15) is 4.79 Å². The van der Waals surface area contributed by atoms with E-state index >= 15 is 0 Å². The highest BCUT2D eigenvalue weighted by atomic mass is 16.1. The third-order valence-electron chi connectivity index (χ3n) is 4.85.